The van der Waals surface area contributed by atoms with E-state index < -0.39 is 0 Å². The summed E-state index contributed by atoms with van der Waals surface area (Å²) in [7, 11) is 0. The van der Waals surface area contributed by atoms with Crippen molar-refractivity contribution < 1.29 is 4.74 Å². The van der Waals surface area contributed by atoms with Gasteiger partial charge >= 0.3 is 0 Å². The molecular formula is C31H37ClN6OS. The Labute approximate surface area is 247 Å². The van der Waals surface area contributed by atoms with E-state index in [0.717, 1.165) is 68.9 Å². The average Bonchev–Trinajstić information content (AvgIpc) is 3.23. The Bertz CT molecular complexity index is 1310. The fourth-order valence-corrected chi connectivity index (χ4v) is 6.49. The summed E-state index contributed by atoms with van der Waals surface area (Å²) in [5, 5.41) is 8.09. The van der Waals surface area contributed by atoms with E-state index in [-0.39, 0.29) is 5.41 Å². The van der Waals surface area contributed by atoms with Crippen LogP contribution in [-0.2, 0) is 23.2 Å². The Morgan fingerprint density at radius 3 is 2.23 bits per heavy atom. The van der Waals surface area contributed by atoms with Crippen molar-refractivity contribution in [2.24, 2.45) is 0 Å². The fraction of sp³-hybridized carbons (Fsp3) is 0.452. The Kier molecular flexibility index (Phi) is 8.37. The van der Waals surface area contributed by atoms with Crippen LogP contribution >= 0.6 is 23.8 Å². The second-order valence-electron chi connectivity index (χ2n) is 11.1. The Morgan fingerprint density at radius 2 is 1.55 bits per heavy atom. The Balaban J connectivity index is 1.21. The number of nitrogens with one attached hydrogen (secondary N) is 2. The van der Waals surface area contributed by atoms with Gasteiger partial charge in [-0.05, 0) is 66.7 Å². The molecule has 0 aliphatic carbocycles. The van der Waals surface area contributed by atoms with Crippen LogP contribution in [0, 0.1) is 0 Å². The molecule has 1 aromatic heterocycles. The normalized spacial score (nSPS) is 18.6. The van der Waals surface area contributed by atoms with Gasteiger partial charge in [-0.2, -0.15) is 9.97 Å². The van der Waals surface area contributed by atoms with Crippen molar-refractivity contribution in [2.45, 2.75) is 57.0 Å². The number of hydrogen-bond donors (Lipinski definition) is 2. The lowest BCUT2D eigenvalue weighted by Gasteiger charge is -2.38. The van der Waals surface area contributed by atoms with E-state index in [1.807, 2.05) is 12.1 Å². The van der Waals surface area contributed by atoms with Crippen LogP contribution in [0.5, 0.6) is 0 Å². The van der Waals surface area contributed by atoms with Crippen LogP contribution < -0.4 is 20.4 Å². The summed E-state index contributed by atoms with van der Waals surface area (Å²) in [6.07, 6.45) is 6.73. The molecule has 0 spiro atoms. The molecule has 0 bridgehead atoms. The first-order chi connectivity index (χ1) is 19.6. The summed E-state index contributed by atoms with van der Waals surface area (Å²) in [4.78, 5) is 14.6. The molecule has 0 atom stereocenters. The monoisotopic (exact) mass is 576 g/mol. The minimum Gasteiger partial charge on any atom is -0.381 e. The van der Waals surface area contributed by atoms with Crippen molar-refractivity contribution in [1.29, 1.82) is 0 Å². The Morgan fingerprint density at radius 1 is 0.875 bits per heavy atom. The van der Waals surface area contributed by atoms with Crippen molar-refractivity contribution in [3.05, 3.63) is 76.3 Å². The maximum absolute atomic E-state index is 6.37. The minimum absolute atomic E-state index is 0.101. The predicted molar refractivity (Wildman–Crippen MR) is 166 cm³/mol. The quantitative estimate of drug-likeness (QED) is 0.343. The lowest BCUT2D eigenvalue weighted by atomic mass is 9.74. The summed E-state index contributed by atoms with van der Waals surface area (Å²) >= 11 is 12.2. The number of rotatable bonds is 6. The fourth-order valence-electron chi connectivity index (χ4n) is 6.14. The SMILES string of the molecule is S=C(NCC1(c2cccc(Cl)c2)CCOCC1)Nc1nc(N2CCCCCC2)cc(N2Cc3ccccc3C2)n1. The average molecular weight is 577 g/mol. The standard InChI is InChI=1S/C31H37ClN6OS/c32-26-11-7-10-25(18-26)31(12-16-39-17-13-31)22-33-30(40)36-29-34-27(37-14-5-1-2-6-15-37)19-28(35-29)38-20-23-8-3-4-9-24(23)21-38/h3-4,7-11,18-19H,1-2,5-6,12-17,20-22H2,(H2,33,34,35,36,40). The van der Waals surface area contributed by atoms with Gasteiger partial charge in [0.2, 0.25) is 5.95 Å². The molecule has 9 heteroatoms. The van der Waals surface area contributed by atoms with Crippen LogP contribution in [0.1, 0.15) is 55.2 Å². The highest BCUT2D eigenvalue weighted by molar-refractivity contribution is 7.80. The molecule has 2 aromatic carbocycles. The molecule has 0 radical (unpaired) electrons. The van der Waals surface area contributed by atoms with Gasteiger partial charge in [0.15, 0.2) is 5.11 Å². The highest BCUT2D eigenvalue weighted by atomic mass is 35.5. The van der Waals surface area contributed by atoms with E-state index in [4.69, 9.17) is 38.5 Å². The number of ether oxygens (including phenoxy) is 1. The van der Waals surface area contributed by atoms with Crippen molar-refractivity contribution >= 4 is 46.5 Å². The van der Waals surface area contributed by atoms with Crippen molar-refractivity contribution in [2.75, 3.05) is 48.0 Å². The van der Waals surface area contributed by atoms with Crippen LogP contribution in [0.15, 0.2) is 54.6 Å². The third-order valence-electron chi connectivity index (χ3n) is 8.49. The summed E-state index contributed by atoms with van der Waals surface area (Å²) < 4.78 is 5.71. The summed E-state index contributed by atoms with van der Waals surface area (Å²) in [6, 6.07) is 18.9. The first kappa shape index (κ1) is 27.2. The molecular weight excluding hydrogens is 540 g/mol. The third kappa shape index (κ3) is 6.19. The van der Waals surface area contributed by atoms with Crippen LogP contribution in [0.4, 0.5) is 17.6 Å². The van der Waals surface area contributed by atoms with E-state index >= 15 is 0 Å². The van der Waals surface area contributed by atoms with Gasteiger partial charge in [0.05, 0.1) is 0 Å². The van der Waals surface area contributed by atoms with Crippen LogP contribution in [0.25, 0.3) is 0 Å². The number of halogens is 1. The Hall–Kier alpha value is -2.94. The smallest absolute Gasteiger partial charge is 0.232 e. The van der Waals surface area contributed by atoms with Crippen LogP contribution in [0.2, 0.25) is 5.02 Å². The van der Waals surface area contributed by atoms with Crippen molar-refractivity contribution in [1.82, 2.24) is 15.3 Å². The van der Waals surface area contributed by atoms with Gasteiger partial charge in [0.25, 0.3) is 0 Å². The second kappa shape index (κ2) is 12.3. The molecule has 7 nitrogen and oxygen atoms in total. The lowest BCUT2D eigenvalue weighted by molar-refractivity contribution is 0.0515. The molecule has 6 rings (SSSR count). The summed E-state index contributed by atoms with van der Waals surface area (Å²) in [5.74, 6) is 2.43. The van der Waals surface area contributed by atoms with Crippen molar-refractivity contribution in [3.63, 3.8) is 0 Å². The molecule has 3 aliphatic rings. The van der Waals surface area contributed by atoms with Gasteiger partial charge in [-0.3, -0.25) is 0 Å². The predicted octanol–water partition coefficient (Wildman–Crippen LogP) is 6.07. The second-order valence-corrected chi connectivity index (χ2v) is 12.0. The van der Waals surface area contributed by atoms with Crippen LogP contribution in [-0.4, -0.2) is 47.9 Å². The summed E-state index contributed by atoms with van der Waals surface area (Å²) in [6.45, 7) is 5.85. The van der Waals surface area contributed by atoms with E-state index in [1.165, 1.54) is 42.4 Å². The molecule has 0 amide bonds. The van der Waals surface area contributed by atoms with E-state index in [1.54, 1.807) is 0 Å². The molecule has 3 aliphatic heterocycles. The van der Waals surface area contributed by atoms with Gasteiger partial charge in [-0.1, -0.05) is 60.8 Å². The highest BCUT2D eigenvalue weighted by Crippen LogP contribution is 2.36. The molecule has 0 unspecified atom stereocenters. The lowest BCUT2D eigenvalue weighted by Crippen LogP contribution is -2.45. The number of thiocarbonyl (C=S) groups is 1. The number of nitrogens with zero attached hydrogens (tertiary/aromatic N) is 4. The first-order valence-corrected chi connectivity index (χ1v) is 15.2. The number of aromatic nitrogens is 2. The zero-order chi connectivity index (χ0) is 27.4. The van der Waals surface area contributed by atoms with E-state index in [2.05, 4.69) is 62.9 Å². The van der Waals surface area contributed by atoms with Gasteiger partial charge < -0.3 is 25.2 Å². The van der Waals surface area contributed by atoms with Gasteiger partial charge in [0.1, 0.15) is 11.6 Å². The maximum Gasteiger partial charge on any atom is 0.232 e. The molecule has 2 saturated heterocycles. The topological polar surface area (TPSA) is 65.6 Å². The zero-order valence-electron chi connectivity index (χ0n) is 22.9. The molecule has 4 heterocycles. The van der Waals surface area contributed by atoms with Crippen molar-refractivity contribution in [3.8, 4) is 0 Å². The maximum atomic E-state index is 6.37. The van der Waals surface area contributed by atoms with E-state index in [9.17, 15) is 0 Å². The number of hydrogen-bond acceptors (Lipinski definition) is 6. The van der Waals surface area contributed by atoms with Gasteiger partial charge in [0, 0.05) is 62.4 Å². The molecule has 2 fully saturated rings. The molecule has 0 saturated carbocycles. The minimum atomic E-state index is -0.101. The van der Waals surface area contributed by atoms with Crippen LogP contribution in [0.3, 0.4) is 0 Å². The highest BCUT2D eigenvalue weighted by Gasteiger charge is 2.35. The van der Waals surface area contributed by atoms with E-state index in [0.29, 0.717) is 17.6 Å². The first-order valence-electron chi connectivity index (χ1n) is 14.4. The van der Waals surface area contributed by atoms with Gasteiger partial charge in [-0.25, -0.2) is 0 Å². The molecule has 40 heavy (non-hydrogen) atoms. The molecule has 2 N–H and O–H groups in total. The zero-order valence-corrected chi connectivity index (χ0v) is 24.4. The molecule has 210 valence electrons. The third-order valence-corrected chi connectivity index (χ3v) is 8.98. The van der Waals surface area contributed by atoms with Gasteiger partial charge in [-0.15, -0.1) is 0 Å². The molecule has 3 aromatic rings. The number of anilines is 3. The largest absolute Gasteiger partial charge is 0.381 e. The number of fused-ring (bicyclic) bond motifs is 1. The number of benzene rings is 2. The summed E-state index contributed by atoms with van der Waals surface area (Å²) in [5.41, 5.74) is 3.82.